The van der Waals surface area contributed by atoms with Crippen LogP contribution in [0, 0.1) is 11.6 Å². The Balaban J connectivity index is 0.000000197. The molecule has 2 aliphatic heterocycles. The number of thiazole rings is 2. The zero-order chi connectivity index (χ0) is 80.5. The van der Waals surface area contributed by atoms with E-state index < -0.39 is 70.0 Å². The van der Waals surface area contributed by atoms with Crippen molar-refractivity contribution in [1.29, 1.82) is 0 Å². The summed E-state index contributed by atoms with van der Waals surface area (Å²) in [5, 5.41) is 19.7. The Bertz CT molecular complexity index is 4950. The van der Waals surface area contributed by atoms with Crippen LogP contribution in [-0.2, 0) is 52.7 Å². The second-order valence-corrected chi connectivity index (χ2v) is 32.5. The van der Waals surface area contributed by atoms with Crippen molar-refractivity contribution in [3.05, 3.63) is 152 Å². The summed E-state index contributed by atoms with van der Waals surface area (Å²) in [6.07, 6.45) is 6.54. The minimum Gasteiger partial charge on any atom is -0.453 e. The lowest BCUT2D eigenvalue weighted by Gasteiger charge is -2.43. The number of piperidine rings is 2. The van der Waals surface area contributed by atoms with Crippen molar-refractivity contribution in [1.82, 2.24) is 70.0 Å². The number of nitrogens with zero attached hydrogens (tertiary/aromatic N) is 15. The molecule has 31 nitrogen and oxygen atoms in total. The van der Waals surface area contributed by atoms with Crippen LogP contribution in [-0.4, -0.2) is 164 Å². The standard InChI is InChI=1S/C37H41ClFN9O6S.C22H22ClFN4O3S.C15H21N5O4/c1-35(2,3)53-33(50)48(34(51)54-36(4,5)6)30-28-29(41-20-42-30)47(21-43-28)17-23-15-25(22-9-11-24(39)12-10-22)40-16-26(23)46-14-8-13-37(19-46,45-32(49)52-7)27-18-55-31(38)44-27;1-31-21(30)27-22(19-12-32-20(23)26-19)7-2-8-28(13-22)18-10-25-17(9-15(18)11-29)14-3-5-16(24)6-4-14;1-14(2,3)23-12(21)20(13(22)24-15(4,5)6)11-9-10(17-7-16-9)18-8-19-11/h9-12,15-16,18,20-21H,8,13-14,17,19H2,1-7H3,(H,45,49);3-6,9-10,12,29H,2,7-8,11,13H2,1H3,(H,27,30);7-8H,1-6H3,(H,16,17,18,19). The molecule has 0 aliphatic carbocycles. The van der Waals surface area contributed by atoms with Gasteiger partial charge in [-0.05, 0) is 175 Å². The van der Waals surface area contributed by atoms with Crippen molar-refractivity contribution in [3.63, 3.8) is 0 Å². The molecule has 2 atom stereocenters. The van der Waals surface area contributed by atoms with E-state index in [1.807, 2.05) is 16.8 Å². The number of ether oxygens (including phenoxy) is 6. The first-order valence-electron chi connectivity index (χ1n) is 34.7. The van der Waals surface area contributed by atoms with Gasteiger partial charge in [-0.3, -0.25) is 9.97 Å². The number of aromatic amines is 1. The van der Waals surface area contributed by atoms with Gasteiger partial charge in [0.25, 0.3) is 0 Å². The Kier molecular flexibility index (Phi) is 25.4. The van der Waals surface area contributed by atoms with Gasteiger partial charge >= 0.3 is 36.6 Å². The van der Waals surface area contributed by atoms with Crippen molar-refractivity contribution in [2.24, 2.45) is 0 Å². The highest BCUT2D eigenvalue weighted by Crippen LogP contribution is 2.41. The largest absolute Gasteiger partial charge is 0.453 e. The fourth-order valence-corrected chi connectivity index (χ4v) is 13.8. The maximum absolute atomic E-state index is 13.9. The SMILES string of the molecule is CC(C)(C)OC(=O)N(C(=O)OC(C)(C)C)c1ncnc2nc[nH]c12.COC(=O)NC1(c2csc(Cl)n2)CCCN(c2cnc(-c3ccc(F)cc3)cc2CO)C1.COC(=O)NC1(c2csc(Cl)n2)CCCN(c2cnc(-c3ccc(F)cc3)cc2Cn2cnc3c(N(C(=O)OC(C)(C)C)C(=O)OC(C)(C)C)ncnc32)C1. The molecule has 2 aromatic carbocycles. The van der Waals surface area contributed by atoms with Crippen molar-refractivity contribution in [2.45, 2.75) is 155 Å². The molecule has 0 saturated carbocycles. The number of aliphatic hydroxyl groups excluding tert-OH is 1. The Morgan fingerprint density at radius 3 is 1.42 bits per heavy atom. The van der Waals surface area contributed by atoms with Crippen LogP contribution in [0.3, 0.4) is 0 Å². The zero-order valence-electron chi connectivity index (χ0n) is 63.3. The summed E-state index contributed by atoms with van der Waals surface area (Å²) >= 11 is 14.9. The molecule has 0 bridgehead atoms. The van der Waals surface area contributed by atoms with Gasteiger partial charge in [-0.15, -0.1) is 22.7 Å². The summed E-state index contributed by atoms with van der Waals surface area (Å²) in [7, 11) is 2.62. The number of imide groups is 2. The molecule has 37 heteroatoms. The Hall–Kier alpha value is -10.9. The third-order valence-electron chi connectivity index (χ3n) is 16.7. The van der Waals surface area contributed by atoms with Gasteiger partial charge in [-0.2, -0.15) is 9.80 Å². The average Bonchev–Trinajstić information content (AvgIpc) is 1.76. The summed E-state index contributed by atoms with van der Waals surface area (Å²) in [5.74, 6) is -0.804. The lowest BCUT2D eigenvalue weighted by molar-refractivity contribution is 0.0407. The van der Waals surface area contributed by atoms with E-state index in [0.717, 1.165) is 33.8 Å². The number of rotatable bonds is 13. The molecule has 2 aliphatic rings. The highest BCUT2D eigenvalue weighted by Gasteiger charge is 2.45. The number of methoxy groups -OCH3 is 2. The summed E-state index contributed by atoms with van der Waals surface area (Å²) in [6, 6.07) is 15.8. The number of carbonyl (C=O) groups is 6. The number of anilines is 4. The molecule has 8 aromatic heterocycles. The summed E-state index contributed by atoms with van der Waals surface area (Å²) in [5.41, 5.74) is 2.82. The molecule has 2 unspecified atom stereocenters. The normalized spacial score (nSPS) is 15.9. The third kappa shape index (κ3) is 20.8. The molecular formula is C74H84Cl2F2N18O13S2. The third-order valence-corrected chi connectivity index (χ3v) is 18.6. The van der Waals surface area contributed by atoms with Gasteiger partial charge in [0.15, 0.2) is 37.4 Å². The van der Waals surface area contributed by atoms with Gasteiger partial charge in [0.1, 0.15) is 63.3 Å². The number of imidazole rings is 2. The van der Waals surface area contributed by atoms with Crippen LogP contribution in [0.15, 0.2) is 109 Å². The minimum absolute atomic E-state index is 0.0148. The number of halogens is 4. The number of fused-ring (bicyclic) bond motifs is 2. The Morgan fingerprint density at radius 1 is 0.577 bits per heavy atom. The first kappa shape index (κ1) is 82.6. The lowest BCUT2D eigenvalue weighted by atomic mass is 9.86. The van der Waals surface area contributed by atoms with Crippen LogP contribution in [0.1, 0.15) is 131 Å². The summed E-state index contributed by atoms with van der Waals surface area (Å²) in [4.78, 5) is 129. The van der Waals surface area contributed by atoms with E-state index in [1.54, 1.807) is 130 Å². The number of H-pyrrole nitrogens is 1. The number of aromatic nitrogens is 12. The maximum Gasteiger partial charge on any atom is 0.425 e. The summed E-state index contributed by atoms with van der Waals surface area (Å²) in [6.45, 7) is 22.3. The van der Waals surface area contributed by atoms with E-state index >= 15 is 0 Å². The van der Waals surface area contributed by atoms with Crippen LogP contribution in [0.4, 0.5) is 60.6 Å². The van der Waals surface area contributed by atoms with Crippen molar-refractivity contribution in [3.8, 4) is 22.5 Å². The molecule has 2 fully saturated rings. The Morgan fingerprint density at radius 2 is 1.00 bits per heavy atom. The topological polar surface area (TPSA) is 365 Å². The molecule has 111 heavy (non-hydrogen) atoms. The van der Waals surface area contributed by atoms with Gasteiger partial charge in [0.05, 0.1) is 86.6 Å². The van der Waals surface area contributed by atoms with Gasteiger partial charge in [-0.1, -0.05) is 23.2 Å². The highest BCUT2D eigenvalue weighted by molar-refractivity contribution is 7.14. The molecule has 0 spiro atoms. The molecule has 12 rings (SSSR count). The molecule has 588 valence electrons. The van der Waals surface area contributed by atoms with Crippen molar-refractivity contribution in [2.75, 3.05) is 60.0 Å². The monoisotopic (exact) mass is 1600 g/mol. The number of carbonyl (C=O) groups excluding carboxylic acids is 6. The number of hydrogen-bond donors (Lipinski definition) is 4. The zero-order valence-corrected chi connectivity index (χ0v) is 66.5. The molecule has 6 amide bonds. The van der Waals surface area contributed by atoms with Gasteiger partial charge in [0, 0.05) is 53.6 Å². The fraction of sp³-hybridized carbons (Fsp3) is 0.405. The van der Waals surface area contributed by atoms with Crippen LogP contribution < -0.4 is 30.2 Å². The van der Waals surface area contributed by atoms with Crippen molar-refractivity contribution >= 4 is 128 Å². The van der Waals surface area contributed by atoms with Crippen molar-refractivity contribution < 1.29 is 71.1 Å². The first-order valence-corrected chi connectivity index (χ1v) is 37.3. The van der Waals surface area contributed by atoms with Gasteiger partial charge in [0.2, 0.25) is 0 Å². The van der Waals surface area contributed by atoms with E-state index in [2.05, 4.69) is 70.3 Å². The first-order chi connectivity index (χ1) is 52.4. The van der Waals surface area contributed by atoms with E-state index in [1.165, 1.54) is 86.5 Å². The van der Waals surface area contributed by atoms with E-state index in [9.17, 15) is 42.7 Å². The molecule has 10 aromatic rings. The smallest absolute Gasteiger partial charge is 0.425 e. The van der Waals surface area contributed by atoms with E-state index in [0.29, 0.717) is 110 Å². The molecule has 4 N–H and O–H groups in total. The van der Waals surface area contributed by atoms with Crippen LogP contribution in [0.5, 0.6) is 0 Å². The van der Waals surface area contributed by atoms with Gasteiger partial charge < -0.3 is 63.5 Å². The predicted molar refractivity (Wildman–Crippen MR) is 413 cm³/mol. The molecule has 2 saturated heterocycles. The number of hydrogen-bond acceptors (Lipinski definition) is 27. The number of alkyl carbamates (subject to hydrolysis) is 2. The van der Waals surface area contributed by atoms with E-state index in [4.69, 9.17) is 56.6 Å². The number of aliphatic hydroxyl groups is 1. The highest BCUT2D eigenvalue weighted by atomic mass is 35.5. The number of nitrogens with one attached hydrogen (secondary N) is 3. The Labute approximate surface area is 655 Å². The van der Waals surface area contributed by atoms with Gasteiger partial charge in [-0.25, -0.2) is 77.4 Å². The van der Waals surface area contributed by atoms with Crippen LogP contribution >= 0.6 is 45.9 Å². The number of benzene rings is 2. The van der Waals surface area contributed by atoms with Crippen LogP contribution in [0.25, 0.3) is 44.8 Å². The molecule has 10 heterocycles. The number of pyridine rings is 2. The molecular weight excluding hydrogens is 1520 g/mol. The number of amides is 6. The lowest BCUT2D eigenvalue weighted by Crippen LogP contribution is -2.57. The quantitative estimate of drug-likeness (QED) is 0.0779. The predicted octanol–water partition coefficient (Wildman–Crippen LogP) is 15.1. The average molecular weight is 1610 g/mol. The fourth-order valence-electron chi connectivity index (χ4n) is 12.0. The molecule has 0 radical (unpaired) electrons. The minimum atomic E-state index is -0.993. The second kappa shape index (κ2) is 34.2. The van der Waals surface area contributed by atoms with Crippen LogP contribution in [0.2, 0.25) is 8.93 Å². The van der Waals surface area contributed by atoms with E-state index in [-0.39, 0.29) is 41.9 Å². The summed E-state index contributed by atoms with van der Waals surface area (Å²) < 4.78 is 61.3. The second-order valence-electron chi connectivity index (χ2n) is 29.6. The maximum atomic E-state index is 13.9.